The van der Waals surface area contributed by atoms with Crippen molar-refractivity contribution in [1.29, 1.82) is 0 Å². The Morgan fingerprint density at radius 1 is 1.13 bits per heavy atom. The topological polar surface area (TPSA) is 92.8 Å². The quantitative estimate of drug-likeness (QED) is 0.587. The molecule has 0 aliphatic heterocycles. The molecule has 1 atom stereocenters. The number of benzene rings is 2. The highest BCUT2D eigenvalue weighted by molar-refractivity contribution is 7.89. The van der Waals surface area contributed by atoms with E-state index in [4.69, 9.17) is 16.3 Å². The fraction of sp³-hybridized carbons (Fsp3) is 0.300. The Bertz CT molecular complexity index is 1070. The monoisotopic (exact) mass is 474 g/mol. The highest BCUT2D eigenvalue weighted by Crippen LogP contribution is 2.24. The third-order valence-corrected chi connectivity index (χ3v) is 6.74. The Morgan fingerprint density at radius 2 is 1.71 bits per heavy atom. The summed E-state index contributed by atoms with van der Waals surface area (Å²) in [4.78, 5) is 24.5. The lowest BCUT2D eigenvalue weighted by Crippen LogP contribution is -2.31. The van der Waals surface area contributed by atoms with Crippen molar-refractivity contribution < 1.29 is 31.5 Å². The molecule has 0 bridgehead atoms. The molecule has 0 spiro atoms. The first-order chi connectivity index (χ1) is 14.5. The van der Waals surface area contributed by atoms with Gasteiger partial charge in [0, 0.05) is 13.1 Å². The van der Waals surface area contributed by atoms with Crippen molar-refractivity contribution in [2.24, 2.45) is 0 Å². The molecule has 168 valence electrons. The summed E-state index contributed by atoms with van der Waals surface area (Å²) in [6.45, 7) is 4.99. The van der Waals surface area contributed by atoms with Crippen LogP contribution < -0.4 is 5.32 Å². The Morgan fingerprint density at radius 3 is 2.26 bits per heavy atom. The summed E-state index contributed by atoms with van der Waals surface area (Å²) in [5.74, 6) is -4.05. The van der Waals surface area contributed by atoms with E-state index >= 15 is 0 Å². The summed E-state index contributed by atoms with van der Waals surface area (Å²) in [6.07, 6.45) is -1.45. The zero-order valence-electron chi connectivity index (χ0n) is 17.0. The van der Waals surface area contributed by atoms with E-state index in [0.717, 1.165) is 24.3 Å². The van der Waals surface area contributed by atoms with Crippen molar-refractivity contribution in [2.75, 3.05) is 18.4 Å². The van der Waals surface area contributed by atoms with Crippen LogP contribution in [0.25, 0.3) is 0 Å². The number of anilines is 1. The van der Waals surface area contributed by atoms with E-state index in [1.807, 2.05) is 5.32 Å². The number of esters is 1. The molecule has 0 heterocycles. The van der Waals surface area contributed by atoms with E-state index in [0.29, 0.717) is 0 Å². The van der Waals surface area contributed by atoms with Crippen molar-refractivity contribution in [3.8, 4) is 0 Å². The third kappa shape index (κ3) is 5.57. The van der Waals surface area contributed by atoms with Gasteiger partial charge in [-0.3, -0.25) is 4.79 Å². The number of rotatable bonds is 8. The molecule has 1 N–H and O–H groups in total. The molecule has 0 fully saturated rings. The summed E-state index contributed by atoms with van der Waals surface area (Å²) in [6, 6.07) is 6.58. The van der Waals surface area contributed by atoms with Gasteiger partial charge in [-0.2, -0.15) is 4.31 Å². The minimum absolute atomic E-state index is 0.0868. The standard InChI is InChI=1S/C20H21ClF2N2O5S/c1-4-25(5-2)31(28,29)13-9-10-15(21)14(11-13)20(27)30-12(3)19(26)24-18-16(22)7-6-8-17(18)23/h6-12H,4-5H2,1-3H3,(H,24,26). The van der Waals surface area contributed by atoms with E-state index in [1.54, 1.807) is 13.8 Å². The van der Waals surface area contributed by atoms with Crippen LogP contribution in [0.4, 0.5) is 14.5 Å². The maximum Gasteiger partial charge on any atom is 0.340 e. The molecule has 2 aromatic rings. The fourth-order valence-electron chi connectivity index (χ4n) is 2.65. The van der Waals surface area contributed by atoms with Crippen LogP contribution in [0.2, 0.25) is 5.02 Å². The molecule has 11 heteroatoms. The van der Waals surface area contributed by atoms with E-state index in [1.165, 1.54) is 23.4 Å². The summed E-state index contributed by atoms with van der Waals surface area (Å²) in [5.41, 5.74) is -0.952. The predicted molar refractivity (Wildman–Crippen MR) is 111 cm³/mol. The van der Waals surface area contributed by atoms with Gasteiger partial charge in [-0.25, -0.2) is 22.0 Å². The second-order valence-corrected chi connectivity index (χ2v) is 8.71. The summed E-state index contributed by atoms with van der Waals surface area (Å²) in [7, 11) is -3.86. The maximum atomic E-state index is 13.7. The van der Waals surface area contributed by atoms with Crippen molar-refractivity contribution in [2.45, 2.75) is 31.8 Å². The normalized spacial score (nSPS) is 12.5. The molecule has 1 unspecified atom stereocenters. The van der Waals surface area contributed by atoms with Crippen LogP contribution in [0.3, 0.4) is 0 Å². The molecule has 0 aliphatic rings. The Balaban J connectivity index is 2.22. The number of para-hydroxylation sites is 1. The van der Waals surface area contributed by atoms with Crippen LogP contribution in [0.1, 0.15) is 31.1 Å². The molecule has 0 aliphatic carbocycles. The third-order valence-electron chi connectivity index (χ3n) is 4.36. The van der Waals surface area contributed by atoms with Crippen molar-refractivity contribution >= 4 is 39.2 Å². The molecule has 2 rings (SSSR count). The lowest BCUT2D eigenvalue weighted by molar-refractivity contribution is -0.123. The number of carbonyl (C=O) groups is 2. The van der Waals surface area contributed by atoms with E-state index < -0.39 is 45.3 Å². The van der Waals surface area contributed by atoms with Gasteiger partial charge in [0.1, 0.15) is 17.3 Å². The maximum absolute atomic E-state index is 13.7. The van der Waals surface area contributed by atoms with Gasteiger partial charge < -0.3 is 10.1 Å². The van der Waals surface area contributed by atoms with Crippen molar-refractivity contribution in [1.82, 2.24) is 4.31 Å². The Kier molecular flexibility index (Phi) is 8.10. The average Bonchev–Trinajstić information content (AvgIpc) is 2.71. The number of hydrogen-bond acceptors (Lipinski definition) is 5. The van der Waals surface area contributed by atoms with Crippen molar-refractivity contribution in [3.63, 3.8) is 0 Å². The van der Waals surface area contributed by atoms with E-state index in [9.17, 15) is 26.8 Å². The zero-order chi connectivity index (χ0) is 23.3. The minimum Gasteiger partial charge on any atom is -0.449 e. The number of halogens is 3. The van der Waals surface area contributed by atoms with E-state index in [-0.39, 0.29) is 28.6 Å². The van der Waals surface area contributed by atoms with Gasteiger partial charge in [0.15, 0.2) is 6.10 Å². The van der Waals surface area contributed by atoms with Crippen LogP contribution in [0.5, 0.6) is 0 Å². The second kappa shape index (κ2) is 10.2. The van der Waals surface area contributed by atoms with Gasteiger partial charge in [0.05, 0.1) is 15.5 Å². The van der Waals surface area contributed by atoms with Gasteiger partial charge in [0.25, 0.3) is 5.91 Å². The van der Waals surface area contributed by atoms with Gasteiger partial charge >= 0.3 is 5.97 Å². The molecular formula is C20H21ClF2N2O5S. The number of ether oxygens (including phenoxy) is 1. The summed E-state index contributed by atoms with van der Waals surface area (Å²) in [5, 5.41) is 1.93. The van der Waals surface area contributed by atoms with Gasteiger partial charge in [0.2, 0.25) is 10.0 Å². The first-order valence-electron chi connectivity index (χ1n) is 9.28. The SMILES string of the molecule is CCN(CC)S(=O)(=O)c1ccc(Cl)c(C(=O)OC(C)C(=O)Nc2c(F)cccc2F)c1. The number of sulfonamides is 1. The Hall–Kier alpha value is -2.56. The van der Waals surface area contributed by atoms with Crippen molar-refractivity contribution in [3.05, 3.63) is 58.6 Å². The molecule has 2 aromatic carbocycles. The minimum atomic E-state index is -3.86. The predicted octanol–water partition coefficient (Wildman–Crippen LogP) is 3.83. The summed E-state index contributed by atoms with van der Waals surface area (Å²) >= 11 is 6.01. The molecule has 7 nitrogen and oxygen atoms in total. The number of nitrogens with one attached hydrogen (secondary N) is 1. The fourth-order valence-corrected chi connectivity index (χ4v) is 4.33. The molecule has 1 amide bonds. The zero-order valence-corrected chi connectivity index (χ0v) is 18.6. The van der Waals surface area contributed by atoms with Crippen LogP contribution in [0, 0.1) is 11.6 Å². The van der Waals surface area contributed by atoms with Crippen LogP contribution >= 0.6 is 11.6 Å². The number of carbonyl (C=O) groups excluding carboxylic acids is 2. The Labute approximate surface area is 184 Å². The smallest absolute Gasteiger partial charge is 0.340 e. The highest BCUT2D eigenvalue weighted by Gasteiger charge is 2.26. The summed E-state index contributed by atoms with van der Waals surface area (Å²) < 4.78 is 59.0. The van der Waals surface area contributed by atoms with Gasteiger partial charge in [-0.15, -0.1) is 0 Å². The van der Waals surface area contributed by atoms with Gasteiger partial charge in [-0.05, 0) is 37.3 Å². The largest absolute Gasteiger partial charge is 0.449 e. The first kappa shape index (κ1) is 24.7. The number of amides is 1. The molecular weight excluding hydrogens is 454 g/mol. The average molecular weight is 475 g/mol. The van der Waals surface area contributed by atoms with Crippen LogP contribution in [0.15, 0.2) is 41.3 Å². The lowest BCUT2D eigenvalue weighted by atomic mass is 10.2. The molecule has 0 aromatic heterocycles. The van der Waals surface area contributed by atoms with E-state index in [2.05, 4.69) is 0 Å². The number of hydrogen-bond donors (Lipinski definition) is 1. The molecule has 0 saturated carbocycles. The molecule has 0 saturated heterocycles. The lowest BCUT2D eigenvalue weighted by Gasteiger charge is -2.19. The molecule has 31 heavy (non-hydrogen) atoms. The highest BCUT2D eigenvalue weighted by atomic mass is 35.5. The van der Waals surface area contributed by atoms with Crippen LogP contribution in [-0.4, -0.2) is 43.8 Å². The molecule has 0 radical (unpaired) electrons. The second-order valence-electron chi connectivity index (χ2n) is 6.36. The number of nitrogens with zero attached hydrogens (tertiary/aromatic N) is 1. The first-order valence-corrected chi connectivity index (χ1v) is 11.1. The van der Waals surface area contributed by atoms with Gasteiger partial charge in [-0.1, -0.05) is 31.5 Å². The van der Waals surface area contributed by atoms with Crippen LogP contribution in [-0.2, 0) is 19.6 Å².